The lowest BCUT2D eigenvalue weighted by molar-refractivity contribution is -0.136. The van der Waals surface area contributed by atoms with Crippen LogP contribution in [0.15, 0.2) is 49.3 Å². The molecule has 0 bridgehead atoms. The van der Waals surface area contributed by atoms with Crippen LogP contribution in [0, 0.1) is 0 Å². The van der Waals surface area contributed by atoms with Crippen molar-refractivity contribution in [3.8, 4) is 0 Å². The summed E-state index contributed by atoms with van der Waals surface area (Å²) in [6, 6.07) is 0.988. The quantitative estimate of drug-likeness (QED) is 0.733. The van der Waals surface area contributed by atoms with Gasteiger partial charge < -0.3 is 10.6 Å². The molecular formula is C18H14F3N3OS. The van der Waals surface area contributed by atoms with Gasteiger partial charge in [-0.15, -0.1) is 11.3 Å². The first-order chi connectivity index (χ1) is 12.3. The Balaban J connectivity index is 2.38. The van der Waals surface area contributed by atoms with E-state index in [2.05, 4.69) is 28.8 Å². The normalized spacial score (nSPS) is 15.2. The number of carbonyl (C=O) groups excluding carboxylic acids is 1. The van der Waals surface area contributed by atoms with Crippen LogP contribution in [-0.2, 0) is 6.18 Å². The molecule has 0 saturated heterocycles. The summed E-state index contributed by atoms with van der Waals surface area (Å²) < 4.78 is 41.2. The monoisotopic (exact) mass is 377 g/mol. The minimum Gasteiger partial charge on any atom is -0.340 e. The van der Waals surface area contributed by atoms with E-state index in [-0.39, 0.29) is 32.3 Å². The van der Waals surface area contributed by atoms with E-state index < -0.39 is 17.6 Å². The van der Waals surface area contributed by atoms with Crippen molar-refractivity contribution in [1.82, 2.24) is 10.3 Å². The van der Waals surface area contributed by atoms with Crippen LogP contribution in [0.25, 0.3) is 15.8 Å². The summed E-state index contributed by atoms with van der Waals surface area (Å²) in [5.74, 6) is -0.378. The fourth-order valence-corrected chi connectivity index (χ4v) is 3.71. The van der Waals surface area contributed by atoms with E-state index in [1.807, 2.05) is 0 Å². The lowest BCUT2D eigenvalue weighted by Gasteiger charge is -2.18. The average molecular weight is 377 g/mol. The Hall–Kier alpha value is -2.87. The predicted octanol–water partition coefficient (Wildman–Crippen LogP) is 5.09. The highest BCUT2D eigenvalue weighted by Crippen LogP contribution is 2.45. The van der Waals surface area contributed by atoms with Gasteiger partial charge in [0.1, 0.15) is 15.5 Å². The zero-order chi connectivity index (χ0) is 19.1. The van der Waals surface area contributed by atoms with Crippen LogP contribution < -0.4 is 10.6 Å². The van der Waals surface area contributed by atoms with Crippen molar-refractivity contribution in [3.05, 3.63) is 65.5 Å². The molecule has 0 atom stereocenters. The number of halogens is 3. The van der Waals surface area contributed by atoms with Crippen LogP contribution >= 0.6 is 11.3 Å². The topological polar surface area (TPSA) is 54.0 Å². The highest BCUT2D eigenvalue weighted by Gasteiger charge is 2.37. The largest absolute Gasteiger partial charge is 0.417 e. The second-order valence-electron chi connectivity index (χ2n) is 5.45. The molecule has 0 aromatic carbocycles. The number of pyridine rings is 1. The Morgan fingerprint density at radius 2 is 2.08 bits per heavy atom. The number of nitrogens with one attached hydrogen (secondary N) is 2. The molecule has 0 fully saturated rings. The smallest absolute Gasteiger partial charge is 0.340 e. The molecule has 134 valence electrons. The van der Waals surface area contributed by atoms with Crippen LogP contribution in [0.5, 0.6) is 0 Å². The molecule has 3 rings (SSSR count). The van der Waals surface area contributed by atoms with E-state index in [0.717, 1.165) is 17.4 Å². The molecule has 2 aromatic heterocycles. The molecule has 3 heterocycles. The van der Waals surface area contributed by atoms with E-state index >= 15 is 0 Å². The fraction of sp³-hybridized carbons (Fsp3) is 0.111. The van der Waals surface area contributed by atoms with Gasteiger partial charge in [-0.05, 0) is 18.6 Å². The van der Waals surface area contributed by atoms with Crippen LogP contribution in [0.3, 0.4) is 0 Å². The number of amides is 1. The highest BCUT2D eigenvalue weighted by molar-refractivity contribution is 7.21. The van der Waals surface area contributed by atoms with Crippen molar-refractivity contribution in [3.63, 3.8) is 0 Å². The zero-order valence-electron chi connectivity index (χ0n) is 13.7. The molecule has 0 aliphatic carbocycles. The number of alkyl halides is 3. The van der Waals surface area contributed by atoms with Crippen LogP contribution in [0.2, 0.25) is 0 Å². The van der Waals surface area contributed by atoms with Crippen molar-refractivity contribution in [1.29, 1.82) is 0 Å². The lowest BCUT2D eigenvalue weighted by atomic mass is 10.0. The first-order valence-electron chi connectivity index (χ1n) is 7.54. The molecule has 2 aromatic rings. The van der Waals surface area contributed by atoms with Gasteiger partial charge in [-0.1, -0.05) is 37.5 Å². The minimum absolute atomic E-state index is 0.0883. The van der Waals surface area contributed by atoms with Crippen molar-refractivity contribution in [2.45, 2.75) is 13.1 Å². The third kappa shape index (κ3) is 3.03. The molecule has 1 aliphatic rings. The first kappa shape index (κ1) is 17.9. The predicted molar refractivity (Wildman–Crippen MR) is 97.8 cm³/mol. The number of fused-ring (bicyclic) bond motifs is 3. The number of hydrogen-bond acceptors (Lipinski definition) is 4. The summed E-state index contributed by atoms with van der Waals surface area (Å²) in [5, 5.41) is 5.05. The van der Waals surface area contributed by atoms with Gasteiger partial charge in [0.15, 0.2) is 0 Å². The average Bonchev–Trinajstić information content (AvgIpc) is 2.92. The van der Waals surface area contributed by atoms with E-state index in [4.69, 9.17) is 0 Å². The summed E-state index contributed by atoms with van der Waals surface area (Å²) in [5.41, 5.74) is -0.126. The number of carbonyl (C=O) groups is 1. The molecule has 0 saturated carbocycles. The number of anilines is 1. The Morgan fingerprint density at radius 3 is 2.69 bits per heavy atom. The van der Waals surface area contributed by atoms with Crippen LogP contribution in [0.4, 0.5) is 18.9 Å². The standard InChI is InChI=1S/C18H14F3N3OS/c1-4-6-10(7-5-2)12-8-11(18(19,20)21)13-14-15(26-17(13)24-12)16(25)23-9(3)22-14/h4-8,22H,1,3H2,2H3,(H,23,25)/b7-5-,10-6+. The molecular weight excluding hydrogens is 363 g/mol. The van der Waals surface area contributed by atoms with E-state index in [1.54, 1.807) is 25.2 Å². The summed E-state index contributed by atoms with van der Waals surface area (Å²) in [4.78, 5) is 16.7. The van der Waals surface area contributed by atoms with Gasteiger partial charge >= 0.3 is 6.18 Å². The summed E-state index contributed by atoms with van der Waals surface area (Å²) >= 11 is 0.904. The number of allylic oxidation sites excluding steroid dienone is 5. The molecule has 2 N–H and O–H groups in total. The number of aromatic nitrogens is 1. The van der Waals surface area contributed by atoms with Gasteiger partial charge in [-0.25, -0.2) is 4.98 Å². The van der Waals surface area contributed by atoms with Crippen LogP contribution in [-0.4, -0.2) is 10.9 Å². The van der Waals surface area contributed by atoms with Crippen molar-refractivity contribution in [2.24, 2.45) is 0 Å². The Morgan fingerprint density at radius 1 is 1.35 bits per heavy atom. The molecule has 8 heteroatoms. The molecule has 1 amide bonds. The third-order valence-electron chi connectivity index (χ3n) is 3.65. The first-order valence-corrected chi connectivity index (χ1v) is 8.35. The Kier molecular flexibility index (Phi) is 4.45. The van der Waals surface area contributed by atoms with Gasteiger partial charge in [0.25, 0.3) is 5.91 Å². The zero-order valence-corrected chi connectivity index (χ0v) is 14.5. The van der Waals surface area contributed by atoms with Crippen molar-refractivity contribution >= 4 is 38.7 Å². The number of rotatable bonds is 3. The van der Waals surface area contributed by atoms with Crippen molar-refractivity contribution < 1.29 is 18.0 Å². The molecule has 1 aliphatic heterocycles. The molecule has 4 nitrogen and oxygen atoms in total. The summed E-state index contributed by atoms with van der Waals surface area (Å²) in [6.07, 6.45) is 1.79. The van der Waals surface area contributed by atoms with E-state index in [9.17, 15) is 18.0 Å². The van der Waals surface area contributed by atoms with Crippen molar-refractivity contribution in [2.75, 3.05) is 5.32 Å². The Labute approximate surface area is 151 Å². The maximum absolute atomic E-state index is 13.7. The SMILES string of the molecule is C=C/C=C(\C=C/C)c1cc(C(F)(F)F)c2c3c(sc2n1)C(=O)NC(=C)N3. The van der Waals surface area contributed by atoms with E-state index in [1.165, 1.54) is 6.08 Å². The van der Waals surface area contributed by atoms with E-state index in [0.29, 0.717) is 5.57 Å². The van der Waals surface area contributed by atoms with Gasteiger partial charge in [-0.3, -0.25) is 4.79 Å². The van der Waals surface area contributed by atoms with Crippen LogP contribution in [0.1, 0.15) is 27.9 Å². The summed E-state index contributed by atoms with van der Waals surface area (Å²) in [7, 11) is 0. The number of nitrogens with zero attached hydrogens (tertiary/aromatic N) is 1. The maximum Gasteiger partial charge on any atom is 0.417 e. The Bertz CT molecular complexity index is 999. The van der Waals surface area contributed by atoms with Gasteiger partial charge in [0.05, 0.1) is 16.9 Å². The maximum atomic E-state index is 13.7. The minimum atomic E-state index is -4.61. The molecule has 0 spiro atoms. The summed E-state index contributed by atoms with van der Waals surface area (Å²) in [6.45, 7) is 8.90. The van der Waals surface area contributed by atoms with Gasteiger partial charge in [0.2, 0.25) is 0 Å². The highest BCUT2D eigenvalue weighted by atomic mass is 32.1. The molecule has 0 unspecified atom stereocenters. The number of thiophene rings is 1. The second-order valence-corrected chi connectivity index (χ2v) is 6.45. The van der Waals surface area contributed by atoms with Gasteiger partial charge in [-0.2, -0.15) is 13.2 Å². The molecule has 0 radical (unpaired) electrons. The number of hydrogen-bond donors (Lipinski definition) is 2. The molecule has 26 heavy (non-hydrogen) atoms. The fourth-order valence-electron chi connectivity index (χ4n) is 2.66. The lowest BCUT2D eigenvalue weighted by Crippen LogP contribution is -2.30. The second kappa shape index (κ2) is 6.45. The van der Waals surface area contributed by atoms with Gasteiger partial charge in [0, 0.05) is 5.39 Å². The third-order valence-corrected chi connectivity index (χ3v) is 4.74.